The molecule has 29 heavy (non-hydrogen) atoms. The average molecular weight is 412 g/mol. The lowest BCUT2D eigenvalue weighted by Gasteiger charge is -2.15. The maximum absolute atomic E-state index is 12.7. The van der Waals surface area contributed by atoms with Crippen LogP contribution in [0.3, 0.4) is 0 Å². The molecule has 3 N–H and O–H groups in total. The Morgan fingerprint density at radius 2 is 1.79 bits per heavy atom. The van der Waals surface area contributed by atoms with Gasteiger partial charge in [0.25, 0.3) is 0 Å². The fraction of sp³-hybridized carbons (Fsp3) is 0.200. The van der Waals surface area contributed by atoms with Crippen LogP contribution in [0, 0.1) is 0 Å². The van der Waals surface area contributed by atoms with Crippen molar-refractivity contribution in [3.05, 3.63) is 54.1 Å². The van der Waals surface area contributed by atoms with E-state index in [0.29, 0.717) is 17.1 Å². The Balaban J connectivity index is 1.68. The minimum absolute atomic E-state index is 0.0341. The second kappa shape index (κ2) is 8.78. The minimum Gasteiger partial charge on any atom is -0.508 e. The highest BCUT2D eigenvalue weighted by molar-refractivity contribution is 8.14. The zero-order valence-electron chi connectivity index (χ0n) is 15.9. The van der Waals surface area contributed by atoms with Gasteiger partial charge in [-0.1, -0.05) is 11.8 Å². The Hall–Kier alpha value is -3.33. The highest BCUT2D eigenvalue weighted by atomic mass is 32.2. The molecule has 0 saturated carbocycles. The van der Waals surface area contributed by atoms with Crippen molar-refractivity contribution in [2.75, 3.05) is 12.0 Å². The molecule has 0 radical (unpaired) electrons. The molecule has 1 aliphatic rings. The van der Waals surface area contributed by atoms with Gasteiger partial charge in [0.2, 0.25) is 11.8 Å². The summed E-state index contributed by atoms with van der Waals surface area (Å²) in [6.07, 6.45) is 0.0341. The first-order valence-electron chi connectivity index (χ1n) is 8.73. The van der Waals surface area contributed by atoms with Crippen LogP contribution in [0.1, 0.15) is 18.9 Å². The summed E-state index contributed by atoms with van der Waals surface area (Å²) in [7, 11) is 1.54. The van der Waals surface area contributed by atoms with Crippen LogP contribution in [-0.2, 0) is 9.59 Å². The van der Waals surface area contributed by atoms with Crippen molar-refractivity contribution in [2.45, 2.75) is 18.6 Å². The number of carbonyl (C=O) groups is 2. The first kappa shape index (κ1) is 20.4. The third-order valence-corrected chi connectivity index (χ3v) is 5.26. The lowest BCUT2D eigenvalue weighted by Crippen LogP contribution is -2.31. The second-order valence-electron chi connectivity index (χ2n) is 6.25. The molecule has 150 valence electrons. The smallest absolute Gasteiger partial charge is 0.247 e. The van der Waals surface area contributed by atoms with Gasteiger partial charge in [-0.3, -0.25) is 9.59 Å². The van der Waals surface area contributed by atoms with Gasteiger partial charge in [0.05, 0.1) is 18.5 Å². The molecule has 1 heterocycles. The van der Waals surface area contributed by atoms with Crippen LogP contribution in [0.25, 0.3) is 0 Å². The number of anilines is 1. The van der Waals surface area contributed by atoms with Gasteiger partial charge in [-0.05, 0) is 61.0 Å². The summed E-state index contributed by atoms with van der Waals surface area (Å²) >= 11 is 1.01. The Morgan fingerprint density at radius 1 is 1.14 bits per heavy atom. The van der Waals surface area contributed by atoms with Gasteiger partial charge in [-0.15, -0.1) is 5.10 Å². The molecule has 2 aromatic rings. The first-order chi connectivity index (χ1) is 13.9. The topological polar surface area (TPSA) is 118 Å². The number of imide groups is 1. The normalized spacial score (nSPS) is 17.7. The molecular weight excluding hydrogens is 392 g/mol. The van der Waals surface area contributed by atoms with Crippen molar-refractivity contribution in [3.8, 4) is 11.5 Å². The summed E-state index contributed by atoms with van der Waals surface area (Å²) in [6, 6.07) is 13.2. The van der Waals surface area contributed by atoms with Crippen molar-refractivity contribution in [2.24, 2.45) is 15.9 Å². The highest BCUT2D eigenvalue weighted by Gasteiger charge is 2.40. The number of benzene rings is 2. The largest absolute Gasteiger partial charge is 0.508 e. The molecule has 0 aliphatic carbocycles. The average Bonchev–Trinajstić information content (AvgIpc) is 2.99. The molecule has 0 aromatic heterocycles. The van der Waals surface area contributed by atoms with Crippen LogP contribution in [-0.4, -0.2) is 40.2 Å². The summed E-state index contributed by atoms with van der Waals surface area (Å²) in [5, 5.41) is 16.8. The number of carbonyl (C=O) groups excluding carboxylic acids is 2. The van der Waals surface area contributed by atoms with Crippen LogP contribution >= 0.6 is 11.8 Å². The van der Waals surface area contributed by atoms with E-state index in [9.17, 15) is 14.7 Å². The van der Waals surface area contributed by atoms with Crippen LogP contribution in [0.15, 0.2) is 58.7 Å². The van der Waals surface area contributed by atoms with Gasteiger partial charge < -0.3 is 15.6 Å². The summed E-state index contributed by atoms with van der Waals surface area (Å²) in [6.45, 7) is 1.75. The molecule has 1 saturated heterocycles. The monoisotopic (exact) mass is 412 g/mol. The number of thioether (sulfide) groups is 1. The fourth-order valence-electron chi connectivity index (χ4n) is 2.75. The quantitative estimate of drug-likeness (QED) is 0.337. The van der Waals surface area contributed by atoms with Crippen LogP contribution in [0.2, 0.25) is 0 Å². The van der Waals surface area contributed by atoms with E-state index in [0.717, 1.165) is 22.2 Å². The molecule has 0 unspecified atom stereocenters. The van der Waals surface area contributed by atoms with E-state index in [1.165, 1.54) is 0 Å². The van der Waals surface area contributed by atoms with E-state index in [1.54, 1.807) is 62.6 Å². The molecule has 8 nitrogen and oxygen atoms in total. The maximum atomic E-state index is 12.7. The zero-order chi connectivity index (χ0) is 21.0. The Kier molecular flexibility index (Phi) is 6.18. The van der Waals surface area contributed by atoms with Crippen molar-refractivity contribution in [3.63, 3.8) is 0 Å². The first-order valence-corrected chi connectivity index (χ1v) is 9.61. The van der Waals surface area contributed by atoms with E-state index < -0.39 is 5.25 Å². The molecule has 1 atom stereocenters. The lowest BCUT2D eigenvalue weighted by molar-refractivity contribution is -0.121. The van der Waals surface area contributed by atoms with E-state index >= 15 is 0 Å². The van der Waals surface area contributed by atoms with Gasteiger partial charge >= 0.3 is 0 Å². The SMILES string of the molecule is COc1ccc(N2C(=O)C[C@@H](SC(N)=N/N=C(\C)c3ccc(O)cc3)C2=O)cc1. The van der Waals surface area contributed by atoms with E-state index in [1.807, 2.05) is 0 Å². The number of phenols is 1. The fourth-order valence-corrected chi connectivity index (χ4v) is 3.56. The predicted octanol–water partition coefficient (Wildman–Crippen LogP) is 2.50. The van der Waals surface area contributed by atoms with Crippen molar-refractivity contribution in [1.82, 2.24) is 0 Å². The van der Waals surface area contributed by atoms with Gasteiger partial charge in [-0.2, -0.15) is 5.10 Å². The summed E-state index contributed by atoms with van der Waals surface area (Å²) in [5.74, 6) is 0.153. The van der Waals surface area contributed by atoms with Crippen molar-refractivity contribution >= 4 is 40.1 Å². The Morgan fingerprint density at radius 3 is 2.41 bits per heavy atom. The number of nitrogens with zero attached hydrogens (tertiary/aromatic N) is 3. The number of hydrogen-bond acceptors (Lipinski definition) is 7. The minimum atomic E-state index is -0.655. The van der Waals surface area contributed by atoms with Gasteiger partial charge in [0.1, 0.15) is 16.7 Å². The van der Waals surface area contributed by atoms with Crippen LogP contribution < -0.4 is 15.4 Å². The van der Waals surface area contributed by atoms with Gasteiger partial charge in [-0.25, -0.2) is 4.90 Å². The molecule has 0 spiro atoms. The maximum Gasteiger partial charge on any atom is 0.247 e. The van der Waals surface area contributed by atoms with Crippen LogP contribution in [0.5, 0.6) is 11.5 Å². The molecule has 1 aliphatic heterocycles. The Labute approximate surface area is 172 Å². The van der Waals surface area contributed by atoms with Gasteiger partial charge in [0.15, 0.2) is 5.17 Å². The zero-order valence-corrected chi connectivity index (χ0v) is 16.7. The molecule has 9 heteroatoms. The van der Waals surface area contributed by atoms with Crippen molar-refractivity contribution < 1.29 is 19.4 Å². The number of ether oxygens (including phenoxy) is 1. The number of phenolic OH excluding ortho intramolecular Hbond substituents is 1. The molecule has 1 fully saturated rings. The Bertz CT molecular complexity index is 971. The number of rotatable bonds is 5. The number of nitrogens with two attached hydrogens (primary N) is 1. The van der Waals surface area contributed by atoms with E-state index in [4.69, 9.17) is 10.5 Å². The standard InChI is InChI=1S/C20H20N4O4S/c1-12(13-3-7-15(25)8-4-13)22-23-20(21)29-17-11-18(26)24(19(17)27)14-5-9-16(28-2)10-6-14/h3-10,17,25H,11H2,1-2H3,(H2,21,23)/b22-12+/t17-/m1/s1. The highest BCUT2D eigenvalue weighted by Crippen LogP contribution is 2.30. The summed E-state index contributed by atoms with van der Waals surface area (Å²) < 4.78 is 5.09. The van der Waals surface area contributed by atoms with E-state index in [2.05, 4.69) is 10.2 Å². The number of amides is 2. The molecular formula is C20H20N4O4S. The van der Waals surface area contributed by atoms with Crippen LogP contribution in [0.4, 0.5) is 5.69 Å². The van der Waals surface area contributed by atoms with E-state index in [-0.39, 0.29) is 29.2 Å². The molecule has 2 aromatic carbocycles. The number of methoxy groups -OCH3 is 1. The van der Waals surface area contributed by atoms with Gasteiger partial charge in [0, 0.05) is 6.42 Å². The molecule has 3 rings (SSSR count). The molecule has 2 amide bonds. The summed E-state index contributed by atoms with van der Waals surface area (Å²) in [5.41, 5.74) is 7.77. The third-order valence-electron chi connectivity index (χ3n) is 4.28. The number of aromatic hydroxyl groups is 1. The number of amidine groups is 1. The summed E-state index contributed by atoms with van der Waals surface area (Å²) in [4.78, 5) is 26.2. The second-order valence-corrected chi connectivity index (χ2v) is 7.47. The third kappa shape index (κ3) is 4.75. The number of hydrogen-bond donors (Lipinski definition) is 2. The van der Waals surface area contributed by atoms with Crippen molar-refractivity contribution in [1.29, 1.82) is 0 Å². The molecule has 0 bridgehead atoms. The lowest BCUT2D eigenvalue weighted by atomic mass is 10.1. The predicted molar refractivity (Wildman–Crippen MR) is 113 cm³/mol.